The van der Waals surface area contributed by atoms with Crippen LogP contribution in [0.3, 0.4) is 0 Å². The summed E-state index contributed by atoms with van der Waals surface area (Å²) in [7, 11) is 1.84. The monoisotopic (exact) mass is 234 g/mol. The van der Waals surface area contributed by atoms with Gasteiger partial charge in [-0.3, -0.25) is 4.68 Å². The van der Waals surface area contributed by atoms with E-state index in [-0.39, 0.29) is 0 Å². The molecule has 2 heterocycles. The number of aliphatic hydroxyl groups is 1. The van der Waals surface area contributed by atoms with Crippen molar-refractivity contribution in [2.45, 2.75) is 32.3 Å². The van der Waals surface area contributed by atoms with Gasteiger partial charge in [0.05, 0.1) is 11.3 Å². The second-order valence-electron chi connectivity index (χ2n) is 5.04. The maximum Gasteiger partial charge on any atom is 0.145 e. The predicted molar refractivity (Wildman–Crippen MR) is 64.7 cm³/mol. The molecule has 5 nitrogen and oxygen atoms in total. The molecule has 0 spiro atoms. The fraction of sp³-hybridized carbons (Fsp3) is 0.667. The van der Waals surface area contributed by atoms with Crippen LogP contribution in [0.15, 0.2) is 0 Å². The highest BCUT2D eigenvalue weighted by Gasteiger charge is 2.31. The Hall–Kier alpha value is -1.54. The van der Waals surface area contributed by atoms with E-state index in [4.69, 9.17) is 0 Å². The zero-order chi connectivity index (χ0) is 12.6. The summed E-state index contributed by atoms with van der Waals surface area (Å²) < 4.78 is 1.73. The van der Waals surface area contributed by atoms with E-state index in [2.05, 4.69) is 16.1 Å². The Morgan fingerprint density at radius 2 is 2.24 bits per heavy atom. The van der Waals surface area contributed by atoms with Gasteiger partial charge in [0.15, 0.2) is 0 Å². The molecule has 0 radical (unpaired) electrons. The molecule has 0 saturated carbocycles. The van der Waals surface area contributed by atoms with Crippen molar-refractivity contribution in [3.63, 3.8) is 0 Å². The van der Waals surface area contributed by atoms with Crippen LogP contribution in [0.1, 0.15) is 31.0 Å². The molecule has 0 aliphatic carbocycles. The van der Waals surface area contributed by atoms with Crippen LogP contribution in [-0.2, 0) is 7.05 Å². The topological polar surface area (TPSA) is 65.1 Å². The lowest BCUT2D eigenvalue weighted by atomic mass is 9.95. The fourth-order valence-corrected chi connectivity index (χ4v) is 2.54. The fourth-order valence-electron chi connectivity index (χ4n) is 2.54. The number of aryl methyl sites for hydroxylation is 2. The minimum Gasteiger partial charge on any atom is -0.388 e. The van der Waals surface area contributed by atoms with E-state index >= 15 is 0 Å². The molecule has 92 valence electrons. The molecule has 1 saturated heterocycles. The number of piperidine rings is 1. The molecule has 17 heavy (non-hydrogen) atoms. The first-order chi connectivity index (χ1) is 7.94. The third-order valence-electron chi connectivity index (χ3n) is 3.28. The molecule has 0 aromatic carbocycles. The Labute approximate surface area is 101 Å². The van der Waals surface area contributed by atoms with E-state index in [1.54, 1.807) is 4.68 Å². The molecule has 1 aliphatic heterocycles. The van der Waals surface area contributed by atoms with Gasteiger partial charge in [-0.15, -0.1) is 0 Å². The largest absolute Gasteiger partial charge is 0.388 e. The van der Waals surface area contributed by atoms with Gasteiger partial charge in [0.25, 0.3) is 0 Å². The quantitative estimate of drug-likeness (QED) is 0.785. The van der Waals surface area contributed by atoms with Gasteiger partial charge in [0.1, 0.15) is 17.5 Å². The lowest BCUT2D eigenvalue weighted by molar-refractivity contribution is 0.0445. The van der Waals surface area contributed by atoms with Crippen LogP contribution < -0.4 is 4.90 Å². The summed E-state index contributed by atoms with van der Waals surface area (Å²) in [4.78, 5) is 2.06. The smallest absolute Gasteiger partial charge is 0.145 e. The van der Waals surface area contributed by atoms with Crippen LogP contribution in [0.4, 0.5) is 5.82 Å². The number of hydrogen-bond donors (Lipinski definition) is 1. The number of anilines is 1. The standard InChI is InChI=1S/C12H18N4O/c1-9-10(7-13)11(15(3)14-9)16-6-4-5-12(2,17)8-16/h17H,4-6,8H2,1-3H3. The van der Waals surface area contributed by atoms with Crippen LogP contribution in [0, 0.1) is 18.3 Å². The second kappa shape index (κ2) is 4.04. The highest BCUT2D eigenvalue weighted by Crippen LogP contribution is 2.28. The lowest BCUT2D eigenvalue weighted by Crippen LogP contribution is -2.47. The first kappa shape index (κ1) is 11.9. The molecule has 1 unspecified atom stereocenters. The molecule has 0 amide bonds. The van der Waals surface area contributed by atoms with Gasteiger partial charge in [-0.1, -0.05) is 0 Å². The molecule has 1 aromatic heterocycles. The van der Waals surface area contributed by atoms with Crippen molar-refractivity contribution in [3.8, 4) is 6.07 Å². The molecule has 1 fully saturated rings. The summed E-state index contributed by atoms with van der Waals surface area (Å²) >= 11 is 0. The Morgan fingerprint density at radius 3 is 2.82 bits per heavy atom. The van der Waals surface area contributed by atoms with Crippen molar-refractivity contribution in [1.82, 2.24) is 9.78 Å². The summed E-state index contributed by atoms with van der Waals surface area (Å²) in [5.41, 5.74) is 0.684. The Bertz CT molecular complexity index is 470. The summed E-state index contributed by atoms with van der Waals surface area (Å²) in [5, 5.41) is 23.6. The van der Waals surface area contributed by atoms with Crippen molar-refractivity contribution in [3.05, 3.63) is 11.3 Å². The maximum atomic E-state index is 10.1. The van der Waals surface area contributed by atoms with Gasteiger partial charge in [-0.25, -0.2) is 0 Å². The molecule has 1 N–H and O–H groups in total. The van der Waals surface area contributed by atoms with E-state index in [9.17, 15) is 10.4 Å². The SMILES string of the molecule is Cc1nn(C)c(N2CCCC(C)(O)C2)c1C#N. The van der Waals surface area contributed by atoms with E-state index < -0.39 is 5.60 Å². The third kappa shape index (κ3) is 2.13. The molecule has 1 atom stereocenters. The van der Waals surface area contributed by atoms with Gasteiger partial charge in [0.2, 0.25) is 0 Å². The average Bonchev–Trinajstić information content (AvgIpc) is 2.51. The van der Waals surface area contributed by atoms with Gasteiger partial charge in [-0.05, 0) is 26.7 Å². The first-order valence-electron chi connectivity index (χ1n) is 5.85. The minimum absolute atomic E-state index is 0.556. The van der Waals surface area contributed by atoms with E-state index in [0.29, 0.717) is 12.1 Å². The molecule has 5 heteroatoms. The summed E-state index contributed by atoms with van der Waals surface area (Å²) in [6.45, 7) is 5.10. The number of β-amino-alcohol motifs (C(OH)–C–C–N with tert-alkyl or cyclic N) is 1. The normalized spacial score (nSPS) is 24.8. The number of hydrogen-bond acceptors (Lipinski definition) is 4. The Kier molecular flexibility index (Phi) is 2.84. The van der Waals surface area contributed by atoms with Gasteiger partial charge >= 0.3 is 0 Å². The lowest BCUT2D eigenvalue weighted by Gasteiger charge is -2.38. The highest BCUT2D eigenvalue weighted by atomic mass is 16.3. The first-order valence-corrected chi connectivity index (χ1v) is 5.85. The number of rotatable bonds is 1. The van der Waals surface area contributed by atoms with Crippen LogP contribution >= 0.6 is 0 Å². The third-order valence-corrected chi connectivity index (χ3v) is 3.28. The van der Waals surface area contributed by atoms with E-state index in [1.807, 2.05) is 20.9 Å². The van der Waals surface area contributed by atoms with Crippen LogP contribution in [0.5, 0.6) is 0 Å². The Balaban J connectivity index is 2.37. The molecular formula is C12H18N4O. The highest BCUT2D eigenvalue weighted by molar-refractivity contribution is 5.57. The number of nitriles is 1. The van der Waals surface area contributed by atoms with Gasteiger partial charge < -0.3 is 10.0 Å². The van der Waals surface area contributed by atoms with Crippen molar-refractivity contribution in [2.24, 2.45) is 7.05 Å². The van der Waals surface area contributed by atoms with Crippen LogP contribution in [0.25, 0.3) is 0 Å². The minimum atomic E-state index is -0.677. The van der Waals surface area contributed by atoms with Crippen molar-refractivity contribution < 1.29 is 5.11 Å². The van der Waals surface area contributed by atoms with Crippen molar-refractivity contribution >= 4 is 5.82 Å². The summed E-state index contributed by atoms with van der Waals surface area (Å²) in [6, 6.07) is 2.20. The molecule has 0 bridgehead atoms. The average molecular weight is 234 g/mol. The van der Waals surface area contributed by atoms with E-state index in [0.717, 1.165) is 30.9 Å². The molecule has 1 aromatic rings. The zero-order valence-corrected chi connectivity index (χ0v) is 10.6. The van der Waals surface area contributed by atoms with Crippen molar-refractivity contribution in [1.29, 1.82) is 5.26 Å². The maximum absolute atomic E-state index is 10.1. The van der Waals surface area contributed by atoms with Crippen LogP contribution in [-0.4, -0.2) is 33.6 Å². The molecular weight excluding hydrogens is 216 g/mol. The summed E-state index contributed by atoms with van der Waals surface area (Å²) in [6.07, 6.45) is 1.74. The predicted octanol–water partition coefficient (Wildman–Crippen LogP) is 0.951. The van der Waals surface area contributed by atoms with Gasteiger partial charge in [0, 0.05) is 20.1 Å². The number of nitrogens with zero attached hydrogens (tertiary/aromatic N) is 4. The van der Waals surface area contributed by atoms with Crippen molar-refractivity contribution in [2.75, 3.05) is 18.0 Å². The molecule has 1 aliphatic rings. The second-order valence-corrected chi connectivity index (χ2v) is 5.04. The zero-order valence-electron chi connectivity index (χ0n) is 10.6. The van der Waals surface area contributed by atoms with Gasteiger partial charge in [-0.2, -0.15) is 10.4 Å². The van der Waals surface area contributed by atoms with Crippen LogP contribution in [0.2, 0.25) is 0 Å². The summed E-state index contributed by atoms with van der Waals surface area (Å²) in [5.74, 6) is 0.824. The van der Waals surface area contributed by atoms with E-state index in [1.165, 1.54) is 0 Å². The number of aromatic nitrogens is 2. The molecule has 2 rings (SSSR count). The Morgan fingerprint density at radius 1 is 1.53 bits per heavy atom.